The second kappa shape index (κ2) is 9.58. The van der Waals surface area contributed by atoms with Gasteiger partial charge in [-0.1, -0.05) is 45.6 Å². The molecule has 0 aliphatic carbocycles. The first-order valence-corrected chi connectivity index (χ1v) is 10.4. The van der Waals surface area contributed by atoms with Crippen molar-refractivity contribution in [1.29, 1.82) is 0 Å². The minimum absolute atomic E-state index is 0.294. The summed E-state index contributed by atoms with van der Waals surface area (Å²) in [6, 6.07) is 9.82. The molecule has 1 N–H and O–H groups in total. The monoisotopic (exact) mass is 381 g/mol. The number of unbranched alkanes of at least 4 members (excludes halogenated alkanes) is 4. The van der Waals surface area contributed by atoms with Crippen LogP contribution >= 0.6 is 0 Å². The highest BCUT2D eigenvalue weighted by Gasteiger charge is 2.15. The normalized spacial score (nSPS) is 11.2. The standard InChI is InChI=1S/C23H31N3O2/c1-4-6-8-10-17-14-18(11-9-7-5-2)23(27)22(15-17)26-24-20-13-12-19(28-3)16-21(20)25-26/h12-16,27H,4-11H2,1-3H3. The molecule has 0 atom stereocenters. The molecule has 0 saturated carbocycles. The molecule has 1 aromatic heterocycles. The van der Waals surface area contributed by atoms with Crippen LogP contribution in [0.5, 0.6) is 11.5 Å². The maximum atomic E-state index is 10.9. The van der Waals surface area contributed by atoms with Gasteiger partial charge in [-0.2, -0.15) is 0 Å². The number of methoxy groups -OCH3 is 1. The molecule has 0 bridgehead atoms. The number of aromatic nitrogens is 3. The van der Waals surface area contributed by atoms with E-state index in [0.717, 1.165) is 54.5 Å². The maximum absolute atomic E-state index is 10.9. The van der Waals surface area contributed by atoms with Crippen molar-refractivity contribution in [2.45, 2.75) is 65.2 Å². The van der Waals surface area contributed by atoms with E-state index < -0.39 is 0 Å². The number of aryl methyl sites for hydroxylation is 2. The molecule has 0 amide bonds. The van der Waals surface area contributed by atoms with Crippen molar-refractivity contribution in [2.75, 3.05) is 7.11 Å². The molecule has 0 aliphatic rings. The lowest BCUT2D eigenvalue weighted by atomic mass is 9.99. The second-order valence-corrected chi connectivity index (χ2v) is 7.38. The highest BCUT2D eigenvalue weighted by molar-refractivity contribution is 5.76. The van der Waals surface area contributed by atoms with E-state index in [-0.39, 0.29) is 0 Å². The SMILES string of the molecule is CCCCCc1cc(CCCCC)c(O)c(-n2nc3ccc(OC)cc3n2)c1. The van der Waals surface area contributed by atoms with Crippen LogP contribution in [0.3, 0.4) is 0 Å². The number of hydrogen-bond donors (Lipinski definition) is 1. The average molecular weight is 382 g/mol. The molecular weight excluding hydrogens is 350 g/mol. The Hall–Kier alpha value is -2.56. The third kappa shape index (κ3) is 4.64. The summed E-state index contributed by atoms with van der Waals surface area (Å²) in [5.74, 6) is 1.04. The van der Waals surface area contributed by atoms with Crippen molar-refractivity contribution in [3.05, 3.63) is 41.5 Å². The van der Waals surface area contributed by atoms with E-state index in [0.29, 0.717) is 11.4 Å². The topological polar surface area (TPSA) is 60.2 Å². The number of hydrogen-bond acceptors (Lipinski definition) is 4. The number of rotatable bonds is 10. The molecule has 150 valence electrons. The van der Waals surface area contributed by atoms with Crippen molar-refractivity contribution >= 4 is 11.0 Å². The van der Waals surface area contributed by atoms with Crippen LogP contribution in [0.25, 0.3) is 16.7 Å². The fourth-order valence-electron chi connectivity index (χ4n) is 3.50. The Morgan fingerprint density at radius 1 is 0.893 bits per heavy atom. The number of ether oxygens (including phenoxy) is 1. The Bertz CT molecular complexity index is 918. The fourth-order valence-corrected chi connectivity index (χ4v) is 3.50. The van der Waals surface area contributed by atoms with Crippen LogP contribution in [0.2, 0.25) is 0 Å². The minimum Gasteiger partial charge on any atom is -0.505 e. The Morgan fingerprint density at radius 2 is 1.61 bits per heavy atom. The van der Waals surface area contributed by atoms with Crippen molar-refractivity contribution < 1.29 is 9.84 Å². The van der Waals surface area contributed by atoms with Crippen LogP contribution in [-0.2, 0) is 12.8 Å². The summed E-state index contributed by atoms with van der Waals surface area (Å²) in [6.07, 6.45) is 8.86. The lowest BCUT2D eigenvalue weighted by Gasteiger charge is -2.12. The summed E-state index contributed by atoms with van der Waals surface area (Å²) in [7, 11) is 1.64. The molecule has 5 nitrogen and oxygen atoms in total. The van der Waals surface area contributed by atoms with E-state index in [1.165, 1.54) is 24.8 Å². The molecule has 0 fully saturated rings. The molecule has 2 aromatic carbocycles. The third-order valence-electron chi connectivity index (χ3n) is 5.15. The van der Waals surface area contributed by atoms with E-state index in [2.05, 4.69) is 30.1 Å². The zero-order chi connectivity index (χ0) is 19.9. The molecule has 5 heteroatoms. The lowest BCUT2D eigenvalue weighted by Crippen LogP contribution is -2.03. The van der Waals surface area contributed by atoms with Crippen LogP contribution in [-0.4, -0.2) is 27.2 Å². The molecule has 28 heavy (non-hydrogen) atoms. The molecule has 3 rings (SSSR count). The van der Waals surface area contributed by atoms with Gasteiger partial charge in [0.05, 0.1) is 7.11 Å². The molecule has 1 heterocycles. The largest absolute Gasteiger partial charge is 0.505 e. The number of fused-ring (bicyclic) bond motifs is 1. The van der Waals surface area contributed by atoms with E-state index in [1.54, 1.807) is 11.9 Å². The highest BCUT2D eigenvalue weighted by Crippen LogP contribution is 2.30. The zero-order valence-electron chi connectivity index (χ0n) is 17.2. The third-order valence-corrected chi connectivity index (χ3v) is 5.15. The van der Waals surface area contributed by atoms with Crippen LogP contribution in [0.4, 0.5) is 0 Å². The molecule has 3 aromatic rings. The summed E-state index contributed by atoms with van der Waals surface area (Å²) < 4.78 is 5.28. The minimum atomic E-state index is 0.294. The lowest BCUT2D eigenvalue weighted by molar-refractivity contribution is 0.415. The van der Waals surface area contributed by atoms with Gasteiger partial charge in [0.2, 0.25) is 0 Å². The molecule has 0 aliphatic heterocycles. The van der Waals surface area contributed by atoms with Crippen LogP contribution < -0.4 is 4.74 Å². The predicted octanol–water partition coefficient (Wildman–Crippen LogP) is 5.60. The van der Waals surface area contributed by atoms with Gasteiger partial charge < -0.3 is 9.84 Å². The summed E-state index contributed by atoms with van der Waals surface area (Å²) in [5, 5.41) is 20.1. The van der Waals surface area contributed by atoms with Gasteiger partial charge in [0, 0.05) is 6.07 Å². The molecule has 0 radical (unpaired) electrons. The summed E-state index contributed by atoms with van der Waals surface area (Å²) in [4.78, 5) is 1.56. The van der Waals surface area contributed by atoms with Gasteiger partial charge in [0.1, 0.15) is 28.2 Å². The number of phenolic OH excluding ortho intramolecular Hbond substituents is 1. The van der Waals surface area contributed by atoms with Crippen LogP contribution in [0.15, 0.2) is 30.3 Å². The van der Waals surface area contributed by atoms with Gasteiger partial charge in [0.25, 0.3) is 0 Å². The second-order valence-electron chi connectivity index (χ2n) is 7.38. The highest BCUT2D eigenvalue weighted by atomic mass is 16.5. The number of aromatic hydroxyl groups is 1. The van der Waals surface area contributed by atoms with E-state index in [1.807, 2.05) is 24.3 Å². The van der Waals surface area contributed by atoms with Gasteiger partial charge >= 0.3 is 0 Å². The van der Waals surface area contributed by atoms with Gasteiger partial charge in [-0.05, 0) is 55.0 Å². The van der Waals surface area contributed by atoms with Gasteiger partial charge in [-0.15, -0.1) is 15.0 Å². The van der Waals surface area contributed by atoms with Crippen molar-refractivity contribution in [2.24, 2.45) is 0 Å². The fraction of sp³-hybridized carbons (Fsp3) is 0.478. The number of phenols is 1. The number of benzene rings is 2. The first-order valence-electron chi connectivity index (χ1n) is 10.4. The molecular formula is C23H31N3O2. The van der Waals surface area contributed by atoms with Gasteiger partial charge in [-0.25, -0.2) is 0 Å². The smallest absolute Gasteiger partial charge is 0.146 e. The Balaban J connectivity index is 1.99. The van der Waals surface area contributed by atoms with Gasteiger partial charge in [0.15, 0.2) is 0 Å². The Morgan fingerprint density at radius 3 is 2.32 bits per heavy atom. The van der Waals surface area contributed by atoms with Gasteiger partial charge in [-0.3, -0.25) is 0 Å². The summed E-state index contributed by atoms with van der Waals surface area (Å²) in [5.41, 5.74) is 4.44. The van der Waals surface area contributed by atoms with E-state index >= 15 is 0 Å². The zero-order valence-corrected chi connectivity index (χ0v) is 17.2. The molecule has 0 unspecified atom stereocenters. The van der Waals surface area contributed by atoms with Crippen molar-refractivity contribution in [3.8, 4) is 17.2 Å². The molecule has 0 spiro atoms. The quantitative estimate of drug-likeness (QED) is 0.464. The number of nitrogens with zero attached hydrogens (tertiary/aromatic N) is 3. The van der Waals surface area contributed by atoms with Crippen molar-refractivity contribution in [3.63, 3.8) is 0 Å². The first-order chi connectivity index (χ1) is 13.7. The van der Waals surface area contributed by atoms with Crippen LogP contribution in [0.1, 0.15) is 63.5 Å². The molecule has 0 saturated heterocycles. The Labute approximate surface area is 167 Å². The Kier molecular flexibility index (Phi) is 6.90. The van der Waals surface area contributed by atoms with Crippen LogP contribution in [0, 0.1) is 0 Å². The van der Waals surface area contributed by atoms with E-state index in [9.17, 15) is 5.11 Å². The maximum Gasteiger partial charge on any atom is 0.146 e. The first kappa shape index (κ1) is 20.2. The summed E-state index contributed by atoms with van der Waals surface area (Å²) in [6.45, 7) is 4.41. The predicted molar refractivity (Wildman–Crippen MR) is 114 cm³/mol. The average Bonchev–Trinajstić information content (AvgIpc) is 3.13. The summed E-state index contributed by atoms with van der Waals surface area (Å²) >= 11 is 0. The van der Waals surface area contributed by atoms with Crippen molar-refractivity contribution in [1.82, 2.24) is 15.0 Å². The van der Waals surface area contributed by atoms with E-state index in [4.69, 9.17) is 4.74 Å².